The molecule has 0 saturated heterocycles. The highest BCUT2D eigenvalue weighted by atomic mass is 32.2. The number of hydrogen-bond donors (Lipinski definition) is 2. The molecule has 1 atom stereocenters. The fourth-order valence-corrected chi connectivity index (χ4v) is 4.88. The molecule has 7 nitrogen and oxygen atoms in total. The molecule has 1 heterocycles. The number of thiophene rings is 1. The summed E-state index contributed by atoms with van der Waals surface area (Å²) in [7, 11) is -2.19. The van der Waals surface area contributed by atoms with Crippen LogP contribution < -0.4 is 19.5 Å². The smallest absolute Gasteiger partial charge is 0.250 e. The van der Waals surface area contributed by atoms with Crippen LogP contribution in [0, 0.1) is 5.92 Å². The van der Waals surface area contributed by atoms with Gasteiger partial charge in [0, 0.05) is 6.54 Å². The molecule has 9 heteroatoms. The number of ether oxygens (including phenoxy) is 2. The van der Waals surface area contributed by atoms with E-state index in [1.807, 2.05) is 13.0 Å². The predicted molar refractivity (Wildman–Crippen MR) is 109 cm³/mol. The largest absolute Gasteiger partial charge is 0.493 e. The van der Waals surface area contributed by atoms with Gasteiger partial charge in [-0.2, -0.15) is 4.72 Å². The lowest BCUT2D eigenvalue weighted by Gasteiger charge is -2.21. The Kier molecular flexibility index (Phi) is 7.85. The molecule has 154 valence electrons. The summed E-state index contributed by atoms with van der Waals surface area (Å²) in [6, 6.07) is 7.68. The average molecular weight is 427 g/mol. The lowest BCUT2D eigenvalue weighted by atomic mass is 10.0. The van der Waals surface area contributed by atoms with Gasteiger partial charge in [-0.05, 0) is 42.0 Å². The second-order valence-corrected chi connectivity index (χ2v) is 9.30. The molecular weight excluding hydrogens is 400 g/mol. The SMILES string of the molecule is CCOc1ccc(CNC(=O)[C@@H](NS(=O)(=O)c2cccs2)C(C)C)cc1OC. The summed E-state index contributed by atoms with van der Waals surface area (Å²) in [5.41, 5.74) is 0.817. The van der Waals surface area contributed by atoms with Crippen molar-refractivity contribution >= 4 is 27.3 Å². The summed E-state index contributed by atoms with van der Waals surface area (Å²) in [5.74, 6) is 0.601. The molecule has 1 aromatic heterocycles. The molecule has 28 heavy (non-hydrogen) atoms. The van der Waals surface area contributed by atoms with Crippen molar-refractivity contribution in [2.45, 2.75) is 37.6 Å². The summed E-state index contributed by atoms with van der Waals surface area (Å²) in [4.78, 5) is 12.6. The first-order valence-electron chi connectivity index (χ1n) is 8.91. The number of methoxy groups -OCH3 is 1. The van der Waals surface area contributed by atoms with Gasteiger partial charge in [-0.1, -0.05) is 26.0 Å². The second-order valence-electron chi connectivity index (χ2n) is 6.41. The second kappa shape index (κ2) is 9.90. The fraction of sp³-hybridized carbons (Fsp3) is 0.421. The van der Waals surface area contributed by atoms with Crippen LogP contribution in [0.25, 0.3) is 0 Å². The number of rotatable bonds is 10. The number of nitrogens with one attached hydrogen (secondary N) is 2. The Hall–Kier alpha value is -2.10. The maximum atomic E-state index is 12.6. The highest BCUT2D eigenvalue weighted by molar-refractivity contribution is 7.91. The van der Waals surface area contributed by atoms with Gasteiger partial charge in [-0.25, -0.2) is 8.42 Å². The van der Waals surface area contributed by atoms with Crippen molar-refractivity contribution in [2.24, 2.45) is 5.92 Å². The molecule has 2 N–H and O–H groups in total. The first kappa shape index (κ1) is 22.2. The monoisotopic (exact) mass is 426 g/mol. The van der Waals surface area contributed by atoms with E-state index in [4.69, 9.17) is 9.47 Å². The summed E-state index contributed by atoms with van der Waals surface area (Å²) < 4.78 is 38.4. The van der Waals surface area contributed by atoms with E-state index in [0.717, 1.165) is 16.9 Å². The zero-order valence-electron chi connectivity index (χ0n) is 16.4. The minimum atomic E-state index is -3.74. The Bertz CT molecular complexity index is 880. The van der Waals surface area contributed by atoms with Gasteiger partial charge in [0.2, 0.25) is 5.91 Å². The van der Waals surface area contributed by atoms with Crippen molar-refractivity contribution in [3.05, 3.63) is 41.3 Å². The third-order valence-electron chi connectivity index (χ3n) is 3.99. The van der Waals surface area contributed by atoms with Crippen LogP contribution in [0.15, 0.2) is 39.9 Å². The van der Waals surface area contributed by atoms with Gasteiger partial charge in [0.05, 0.1) is 13.7 Å². The van der Waals surface area contributed by atoms with Crippen LogP contribution in [0.5, 0.6) is 11.5 Å². The van der Waals surface area contributed by atoms with Gasteiger partial charge in [-0.3, -0.25) is 4.79 Å². The Morgan fingerprint density at radius 2 is 1.96 bits per heavy atom. The van der Waals surface area contributed by atoms with E-state index in [0.29, 0.717) is 18.1 Å². The number of carbonyl (C=O) groups is 1. The van der Waals surface area contributed by atoms with Crippen molar-refractivity contribution in [1.82, 2.24) is 10.0 Å². The molecule has 0 radical (unpaired) electrons. The van der Waals surface area contributed by atoms with Gasteiger partial charge in [-0.15, -0.1) is 11.3 Å². The quantitative estimate of drug-likeness (QED) is 0.609. The zero-order valence-corrected chi connectivity index (χ0v) is 18.0. The Morgan fingerprint density at radius 1 is 1.21 bits per heavy atom. The fourth-order valence-electron chi connectivity index (χ4n) is 2.53. The molecule has 0 spiro atoms. The molecule has 0 bridgehead atoms. The molecule has 1 amide bonds. The highest BCUT2D eigenvalue weighted by Gasteiger charge is 2.28. The van der Waals surface area contributed by atoms with E-state index in [1.165, 1.54) is 6.07 Å². The Morgan fingerprint density at radius 3 is 2.54 bits per heavy atom. The van der Waals surface area contributed by atoms with Crippen LogP contribution in [0.4, 0.5) is 0 Å². The topological polar surface area (TPSA) is 93.7 Å². The van der Waals surface area contributed by atoms with E-state index in [2.05, 4.69) is 10.0 Å². The van der Waals surface area contributed by atoms with Crippen molar-refractivity contribution in [3.63, 3.8) is 0 Å². The third-order valence-corrected chi connectivity index (χ3v) is 6.82. The third kappa shape index (κ3) is 5.70. The predicted octanol–water partition coefficient (Wildman–Crippen LogP) is 2.77. The number of benzene rings is 1. The molecule has 0 unspecified atom stereocenters. The van der Waals surface area contributed by atoms with Crippen LogP contribution in [0.3, 0.4) is 0 Å². The number of sulfonamides is 1. The molecule has 0 aliphatic heterocycles. The Labute approximate surface area is 170 Å². The first-order valence-corrected chi connectivity index (χ1v) is 11.3. The minimum Gasteiger partial charge on any atom is -0.493 e. The summed E-state index contributed by atoms with van der Waals surface area (Å²) in [6.07, 6.45) is 0. The maximum Gasteiger partial charge on any atom is 0.250 e. The molecule has 0 fully saturated rings. The van der Waals surface area contributed by atoms with Crippen LogP contribution in [0.2, 0.25) is 0 Å². The van der Waals surface area contributed by atoms with Gasteiger partial charge < -0.3 is 14.8 Å². The van der Waals surface area contributed by atoms with Crippen molar-refractivity contribution in [2.75, 3.05) is 13.7 Å². The molecule has 0 aliphatic rings. The van der Waals surface area contributed by atoms with Gasteiger partial charge in [0.15, 0.2) is 11.5 Å². The van der Waals surface area contributed by atoms with Gasteiger partial charge in [0.1, 0.15) is 10.3 Å². The van der Waals surface area contributed by atoms with E-state index in [1.54, 1.807) is 44.5 Å². The highest BCUT2D eigenvalue weighted by Crippen LogP contribution is 2.28. The van der Waals surface area contributed by atoms with Crippen LogP contribution >= 0.6 is 11.3 Å². The zero-order chi connectivity index (χ0) is 20.7. The molecule has 0 saturated carbocycles. The average Bonchev–Trinajstić information content (AvgIpc) is 3.21. The van der Waals surface area contributed by atoms with Crippen molar-refractivity contribution in [3.8, 4) is 11.5 Å². The number of carbonyl (C=O) groups excluding carboxylic acids is 1. The first-order chi connectivity index (χ1) is 13.3. The van der Waals surface area contributed by atoms with E-state index in [9.17, 15) is 13.2 Å². The van der Waals surface area contributed by atoms with Crippen LogP contribution in [-0.4, -0.2) is 34.1 Å². The lowest BCUT2D eigenvalue weighted by Crippen LogP contribution is -2.49. The lowest BCUT2D eigenvalue weighted by molar-refractivity contribution is -0.123. The molecule has 0 aliphatic carbocycles. The van der Waals surface area contributed by atoms with Crippen LogP contribution in [0.1, 0.15) is 26.3 Å². The Balaban J connectivity index is 2.07. The number of amides is 1. The van der Waals surface area contributed by atoms with E-state index in [-0.39, 0.29) is 22.6 Å². The molecule has 1 aromatic carbocycles. The van der Waals surface area contributed by atoms with Gasteiger partial charge in [0.25, 0.3) is 10.0 Å². The van der Waals surface area contributed by atoms with E-state index >= 15 is 0 Å². The standard InChI is InChI=1S/C19H26N2O5S2/c1-5-26-15-9-8-14(11-16(15)25-4)12-20-19(22)18(13(2)3)21-28(23,24)17-7-6-10-27-17/h6-11,13,18,21H,5,12H2,1-4H3,(H,20,22)/t18-/m0/s1. The summed E-state index contributed by atoms with van der Waals surface area (Å²) >= 11 is 1.11. The molecular formula is C19H26N2O5S2. The van der Waals surface area contributed by atoms with Crippen LogP contribution in [-0.2, 0) is 21.4 Å². The van der Waals surface area contributed by atoms with Gasteiger partial charge >= 0.3 is 0 Å². The van der Waals surface area contributed by atoms with Crippen molar-refractivity contribution < 1.29 is 22.7 Å². The molecule has 2 rings (SSSR count). The molecule has 2 aromatic rings. The normalized spacial score (nSPS) is 12.6. The summed E-state index contributed by atoms with van der Waals surface area (Å²) in [5, 5.41) is 4.47. The van der Waals surface area contributed by atoms with E-state index < -0.39 is 16.1 Å². The number of hydrogen-bond acceptors (Lipinski definition) is 6. The summed E-state index contributed by atoms with van der Waals surface area (Å²) in [6.45, 7) is 6.23. The maximum absolute atomic E-state index is 12.6. The van der Waals surface area contributed by atoms with Crippen molar-refractivity contribution in [1.29, 1.82) is 0 Å². The minimum absolute atomic E-state index is 0.183.